The van der Waals surface area contributed by atoms with Gasteiger partial charge in [0.2, 0.25) is 0 Å². The van der Waals surface area contributed by atoms with Crippen molar-refractivity contribution in [1.82, 2.24) is 9.80 Å². The number of aryl methyl sites for hydroxylation is 1. The van der Waals surface area contributed by atoms with E-state index in [-0.39, 0.29) is 6.03 Å². The molecular formula is C20H23F2N3O. The van der Waals surface area contributed by atoms with Crippen LogP contribution in [0.5, 0.6) is 0 Å². The molecule has 0 radical (unpaired) electrons. The Kier molecular flexibility index (Phi) is 5.83. The molecule has 138 valence electrons. The zero-order valence-corrected chi connectivity index (χ0v) is 14.8. The van der Waals surface area contributed by atoms with Gasteiger partial charge in [0.1, 0.15) is 11.6 Å². The fourth-order valence-electron chi connectivity index (χ4n) is 3.16. The first-order chi connectivity index (χ1) is 12.5. The number of hydrogen-bond acceptors (Lipinski definition) is 2. The van der Waals surface area contributed by atoms with Gasteiger partial charge in [-0.15, -0.1) is 0 Å². The molecule has 4 nitrogen and oxygen atoms in total. The molecule has 1 saturated heterocycles. The van der Waals surface area contributed by atoms with Gasteiger partial charge in [-0.3, -0.25) is 4.90 Å². The number of nitrogens with zero attached hydrogens (tertiary/aromatic N) is 2. The first kappa shape index (κ1) is 18.3. The molecule has 0 aromatic heterocycles. The number of hydrogen-bond donors (Lipinski definition) is 1. The summed E-state index contributed by atoms with van der Waals surface area (Å²) in [4.78, 5) is 16.3. The zero-order valence-electron chi connectivity index (χ0n) is 14.8. The third kappa shape index (κ3) is 4.79. The summed E-state index contributed by atoms with van der Waals surface area (Å²) >= 11 is 0. The Balaban J connectivity index is 1.57. The average molecular weight is 359 g/mol. The van der Waals surface area contributed by atoms with E-state index in [9.17, 15) is 13.6 Å². The third-order valence-electron chi connectivity index (χ3n) is 4.55. The first-order valence-electron chi connectivity index (χ1n) is 8.80. The summed E-state index contributed by atoms with van der Waals surface area (Å²) in [6.07, 6.45) is 0.790. The topological polar surface area (TPSA) is 35.6 Å². The molecule has 1 fully saturated rings. The van der Waals surface area contributed by atoms with E-state index in [0.717, 1.165) is 36.3 Å². The molecule has 1 aliphatic heterocycles. The number of benzene rings is 2. The van der Waals surface area contributed by atoms with E-state index >= 15 is 0 Å². The predicted octanol–water partition coefficient (Wildman–Crippen LogP) is 4.01. The summed E-state index contributed by atoms with van der Waals surface area (Å²) in [5, 5.41) is 2.92. The zero-order chi connectivity index (χ0) is 18.5. The number of carbonyl (C=O) groups excluding carboxylic acids is 1. The Bertz CT molecular complexity index is 781. The van der Waals surface area contributed by atoms with Crippen molar-refractivity contribution in [3.05, 3.63) is 65.2 Å². The van der Waals surface area contributed by atoms with Crippen LogP contribution in [0.3, 0.4) is 0 Å². The lowest BCUT2D eigenvalue weighted by Gasteiger charge is -2.22. The molecule has 2 aromatic rings. The predicted molar refractivity (Wildman–Crippen MR) is 98.0 cm³/mol. The van der Waals surface area contributed by atoms with Crippen LogP contribution in [0, 0.1) is 18.6 Å². The maximum absolute atomic E-state index is 13.8. The molecule has 0 atom stereocenters. The van der Waals surface area contributed by atoms with Crippen molar-refractivity contribution in [2.45, 2.75) is 19.9 Å². The van der Waals surface area contributed by atoms with Crippen molar-refractivity contribution in [2.24, 2.45) is 0 Å². The van der Waals surface area contributed by atoms with Crippen LogP contribution in [0.25, 0.3) is 0 Å². The number of amides is 2. The third-order valence-corrected chi connectivity index (χ3v) is 4.55. The van der Waals surface area contributed by atoms with E-state index in [2.05, 4.69) is 10.2 Å². The van der Waals surface area contributed by atoms with Gasteiger partial charge in [0, 0.05) is 44.0 Å². The molecule has 0 spiro atoms. The molecule has 1 heterocycles. The van der Waals surface area contributed by atoms with Crippen molar-refractivity contribution in [3.8, 4) is 0 Å². The number of urea groups is 1. The first-order valence-corrected chi connectivity index (χ1v) is 8.80. The van der Waals surface area contributed by atoms with E-state index in [1.54, 1.807) is 4.90 Å². The summed E-state index contributed by atoms with van der Waals surface area (Å²) in [5.74, 6) is -0.833. The number of carbonyl (C=O) groups is 1. The van der Waals surface area contributed by atoms with Crippen LogP contribution in [0.4, 0.5) is 19.3 Å². The van der Waals surface area contributed by atoms with Gasteiger partial charge in [0.05, 0.1) is 0 Å². The fourth-order valence-corrected chi connectivity index (χ4v) is 3.16. The molecule has 6 heteroatoms. The summed E-state index contributed by atoms with van der Waals surface area (Å²) in [6.45, 7) is 4.87. The highest BCUT2D eigenvalue weighted by Gasteiger charge is 2.20. The average Bonchev–Trinajstić information content (AvgIpc) is 2.84. The van der Waals surface area contributed by atoms with E-state index < -0.39 is 11.6 Å². The molecule has 0 aliphatic carbocycles. The second-order valence-corrected chi connectivity index (χ2v) is 6.65. The maximum atomic E-state index is 13.8. The molecule has 0 bridgehead atoms. The molecule has 2 amide bonds. The van der Waals surface area contributed by atoms with Crippen LogP contribution >= 0.6 is 0 Å². The molecule has 2 aromatic carbocycles. The van der Waals surface area contributed by atoms with E-state index in [1.807, 2.05) is 31.2 Å². The molecular weight excluding hydrogens is 336 g/mol. The van der Waals surface area contributed by atoms with Crippen molar-refractivity contribution in [2.75, 3.05) is 31.5 Å². The minimum absolute atomic E-state index is 0.130. The highest BCUT2D eigenvalue weighted by molar-refractivity contribution is 5.89. The van der Waals surface area contributed by atoms with Gasteiger partial charge in [-0.25, -0.2) is 13.6 Å². The van der Waals surface area contributed by atoms with Gasteiger partial charge in [0.15, 0.2) is 0 Å². The van der Waals surface area contributed by atoms with Gasteiger partial charge in [0.25, 0.3) is 0 Å². The largest absolute Gasteiger partial charge is 0.323 e. The SMILES string of the molecule is Cc1cccc(NC(=O)N2CCCN(Cc3cc(F)ccc3F)CC2)c1. The Hall–Kier alpha value is -2.47. The van der Waals surface area contributed by atoms with Crippen LogP contribution in [0.1, 0.15) is 17.5 Å². The Morgan fingerprint density at radius 1 is 1.08 bits per heavy atom. The van der Waals surface area contributed by atoms with Crippen molar-refractivity contribution in [1.29, 1.82) is 0 Å². The fraction of sp³-hybridized carbons (Fsp3) is 0.350. The van der Waals surface area contributed by atoms with Gasteiger partial charge in [-0.1, -0.05) is 12.1 Å². The second kappa shape index (κ2) is 8.27. The van der Waals surface area contributed by atoms with Crippen LogP contribution < -0.4 is 5.32 Å². The molecule has 1 aliphatic rings. The van der Waals surface area contributed by atoms with Crippen LogP contribution in [0.15, 0.2) is 42.5 Å². The Morgan fingerprint density at radius 2 is 1.92 bits per heavy atom. The minimum Gasteiger partial charge on any atom is -0.323 e. The van der Waals surface area contributed by atoms with Crippen molar-refractivity contribution < 1.29 is 13.6 Å². The van der Waals surface area contributed by atoms with Crippen molar-refractivity contribution >= 4 is 11.7 Å². The van der Waals surface area contributed by atoms with Gasteiger partial charge in [-0.05, 0) is 49.2 Å². The summed E-state index contributed by atoms with van der Waals surface area (Å²) in [7, 11) is 0. The smallest absolute Gasteiger partial charge is 0.321 e. The van der Waals surface area contributed by atoms with Gasteiger partial charge >= 0.3 is 6.03 Å². The molecule has 0 unspecified atom stereocenters. The number of rotatable bonds is 3. The lowest BCUT2D eigenvalue weighted by atomic mass is 10.2. The summed E-state index contributed by atoms with van der Waals surface area (Å²) in [5.41, 5.74) is 2.21. The van der Waals surface area contributed by atoms with Crippen LogP contribution in [-0.4, -0.2) is 42.0 Å². The summed E-state index contributed by atoms with van der Waals surface area (Å²) < 4.78 is 27.2. The lowest BCUT2D eigenvalue weighted by molar-refractivity contribution is 0.210. The Morgan fingerprint density at radius 3 is 2.73 bits per heavy atom. The molecule has 26 heavy (non-hydrogen) atoms. The van der Waals surface area contributed by atoms with E-state index in [1.165, 1.54) is 6.07 Å². The van der Waals surface area contributed by atoms with Crippen molar-refractivity contribution in [3.63, 3.8) is 0 Å². The lowest BCUT2D eigenvalue weighted by Crippen LogP contribution is -2.38. The highest BCUT2D eigenvalue weighted by atomic mass is 19.1. The molecule has 3 rings (SSSR count). The molecule has 1 N–H and O–H groups in total. The minimum atomic E-state index is -0.435. The summed E-state index contributed by atoms with van der Waals surface area (Å²) in [6, 6.07) is 11.1. The number of halogens is 2. The second-order valence-electron chi connectivity index (χ2n) is 6.65. The van der Waals surface area contributed by atoms with Crippen LogP contribution in [0.2, 0.25) is 0 Å². The number of nitrogens with one attached hydrogen (secondary N) is 1. The maximum Gasteiger partial charge on any atom is 0.321 e. The van der Waals surface area contributed by atoms with Gasteiger partial charge < -0.3 is 10.2 Å². The van der Waals surface area contributed by atoms with Crippen LogP contribution in [-0.2, 0) is 6.54 Å². The number of anilines is 1. The highest BCUT2D eigenvalue weighted by Crippen LogP contribution is 2.15. The normalized spacial score (nSPS) is 15.6. The monoisotopic (exact) mass is 359 g/mol. The van der Waals surface area contributed by atoms with E-state index in [4.69, 9.17) is 0 Å². The van der Waals surface area contributed by atoms with E-state index in [0.29, 0.717) is 31.7 Å². The quantitative estimate of drug-likeness (QED) is 0.899. The Labute approximate surface area is 152 Å². The standard InChI is InChI=1S/C20H23F2N3O/c1-15-4-2-5-18(12-15)23-20(26)25-9-3-8-24(10-11-25)14-16-13-17(21)6-7-19(16)22/h2,4-7,12-13H,3,8-11,14H2,1H3,(H,23,26). The molecule has 0 saturated carbocycles. The van der Waals surface area contributed by atoms with Gasteiger partial charge in [-0.2, -0.15) is 0 Å².